The van der Waals surface area contributed by atoms with Crippen molar-refractivity contribution in [3.63, 3.8) is 0 Å². The summed E-state index contributed by atoms with van der Waals surface area (Å²) in [5, 5.41) is 3.11. The van der Waals surface area contributed by atoms with E-state index in [2.05, 4.69) is 10.2 Å². The zero-order chi connectivity index (χ0) is 11.1. The molecule has 16 heavy (non-hydrogen) atoms. The predicted octanol–water partition coefficient (Wildman–Crippen LogP) is 2.61. The monoisotopic (exact) mass is 224 g/mol. The summed E-state index contributed by atoms with van der Waals surface area (Å²) < 4.78 is 26.3. The molecule has 0 aromatic heterocycles. The van der Waals surface area contributed by atoms with Crippen LogP contribution in [0.15, 0.2) is 12.1 Å². The number of benzene rings is 1. The number of rotatable bonds is 2. The van der Waals surface area contributed by atoms with Gasteiger partial charge in [-0.1, -0.05) is 0 Å². The molecule has 0 saturated heterocycles. The van der Waals surface area contributed by atoms with Crippen molar-refractivity contribution in [1.82, 2.24) is 0 Å². The Bertz CT molecular complexity index is 416. The number of nitrogens with zero attached hydrogens (tertiary/aromatic N) is 1. The predicted molar refractivity (Wildman–Crippen MR) is 59.8 cm³/mol. The summed E-state index contributed by atoms with van der Waals surface area (Å²) in [5.74, 6) is -0.790. The largest absolute Gasteiger partial charge is 0.382 e. The lowest BCUT2D eigenvalue weighted by Crippen LogP contribution is -2.35. The SMILES string of the molecule is Fc1cc2c(cc1F)N(CC1CC1)CCN2. The van der Waals surface area contributed by atoms with Crippen LogP contribution in [0.4, 0.5) is 20.2 Å². The van der Waals surface area contributed by atoms with Gasteiger partial charge in [-0.05, 0) is 18.8 Å². The van der Waals surface area contributed by atoms with E-state index < -0.39 is 11.6 Å². The van der Waals surface area contributed by atoms with Gasteiger partial charge in [0.1, 0.15) is 0 Å². The van der Waals surface area contributed by atoms with Crippen molar-refractivity contribution in [2.75, 3.05) is 29.9 Å². The van der Waals surface area contributed by atoms with Gasteiger partial charge in [0.25, 0.3) is 0 Å². The number of anilines is 2. The number of hydrogen-bond acceptors (Lipinski definition) is 2. The maximum Gasteiger partial charge on any atom is 0.161 e. The van der Waals surface area contributed by atoms with Gasteiger partial charge in [0.2, 0.25) is 0 Å². The van der Waals surface area contributed by atoms with Crippen molar-refractivity contribution in [3.05, 3.63) is 23.8 Å². The average molecular weight is 224 g/mol. The van der Waals surface area contributed by atoms with Gasteiger partial charge in [0, 0.05) is 31.8 Å². The second kappa shape index (κ2) is 3.61. The van der Waals surface area contributed by atoms with Crippen LogP contribution in [0.5, 0.6) is 0 Å². The summed E-state index contributed by atoms with van der Waals surface area (Å²) in [6.07, 6.45) is 2.53. The van der Waals surface area contributed by atoms with Gasteiger partial charge < -0.3 is 10.2 Å². The molecule has 2 nitrogen and oxygen atoms in total. The minimum Gasteiger partial charge on any atom is -0.382 e. The third kappa shape index (κ3) is 1.72. The van der Waals surface area contributed by atoms with E-state index >= 15 is 0 Å². The van der Waals surface area contributed by atoms with Crippen LogP contribution in [-0.4, -0.2) is 19.6 Å². The van der Waals surface area contributed by atoms with E-state index in [0.29, 0.717) is 5.69 Å². The van der Waals surface area contributed by atoms with E-state index in [0.717, 1.165) is 31.2 Å². The van der Waals surface area contributed by atoms with Crippen LogP contribution < -0.4 is 10.2 Å². The van der Waals surface area contributed by atoms with E-state index in [4.69, 9.17) is 0 Å². The van der Waals surface area contributed by atoms with E-state index in [1.54, 1.807) is 0 Å². The van der Waals surface area contributed by atoms with Crippen LogP contribution >= 0.6 is 0 Å². The number of fused-ring (bicyclic) bond motifs is 1. The summed E-state index contributed by atoms with van der Waals surface area (Å²) in [6.45, 7) is 2.64. The van der Waals surface area contributed by atoms with Gasteiger partial charge in [0.15, 0.2) is 11.6 Å². The summed E-state index contributed by atoms with van der Waals surface area (Å²) in [6, 6.07) is 2.56. The lowest BCUT2D eigenvalue weighted by atomic mass is 10.1. The molecule has 1 saturated carbocycles. The first-order valence-electron chi connectivity index (χ1n) is 5.72. The first-order chi connectivity index (χ1) is 7.74. The summed E-state index contributed by atoms with van der Waals surface area (Å²) >= 11 is 0. The molecular weight excluding hydrogens is 210 g/mol. The highest BCUT2D eigenvalue weighted by Gasteiger charge is 2.27. The van der Waals surface area contributed by atoms with E-state index in [1.807, 2.05) is 0 Å². The van der Waals surface area contributed by atoms with Crippen LogP contribution in [0, 0.1) is 17.6 Å². The van der Waals surface area contributed by atoms with Crippen molar-refractivity contribution < 1.29 is 8.78 Å². The second-order valence-corrected chi connectivity index (χ2v) is 4.60. The molecule has 1 heterocycles. The molecule has 1 aliphatic carbocycles. The van der Waals surface area contributed by atoms with Crippen LogP contribution in [0.2, 0.25) is 0 Å². The maximum absolute atomic E-state index is 13.2. The molecule has 1 N–H and O–H groups in total. The Labute approximate surface area is 93.3 Å². The fourth-order valence-electron chi connectivity index (χ4n) is 2.19. The maximum atomic E-state index is 13.2. The summed E-state index contributed by atoms with van der Waals surface area (Å²) in [5.41, 5.74) is 1.52. The number of halogens is 2. The Hall–Kier alpha value is -1.32. The van der Waals surface area contributed by atoms with Crippen molar-refractivity contribution in [1.29, 1.82) is 0 Å². The van der Waals surface area contributed by atoms with Gasteiger partial charge in [-0.25, -0.2) is 8.78 Å². The topological polar surface area (TPSA) is 15.3 Å². The van der Waals surface area contributed by atoms with Gasteiger partial charge in [0.05, 0.1) is 11.4 Å². The van der Waals surface area contributed by atoms with Gasteiger partial charge in [-0.3, -0.25) is 0 Å². The van der Waals surface area contributed by atoms with Crippen LogP contribution in [0.3, 0.4) is 0 Å². The van der Waals surface area contributed by atoms with Crippen molar-refractivity contribution in [2.24, 2.45) is 5.92 Å². The zero-order valence-electron chi connectivity index (χ0n) is 8.97. The van der Waals surface area contributed by atoms with Crippen LogP contribution in [0.1, 0.15) is 12.8 Å². The molecular formula is C12H14F2N2. The molecule has 0 bridgehead atoms. The zero-order valence-corrected chi connectivity index (χ0v) is 8.97. The first kappa shape index (κ1) is 9.87. The third-order valence-corrected chi connectivity index (χ3v) is 3.25. The minimum atomic E-state index is -0.778. The molecule has 1 fully saturated rings. The van der Waals surface area contributed by atoms with Crippen LogP contribution in [0.25, 0.3) is 0 Å². The minimum absolute atomic E-state index is 0.714. The molecule has 4 heteroatoms. The molecule has 2 aliphatic rings. The van der Waals surface area contributed by atoms with Gasteiger partial charge in [-0.15, -0.1) is 0 Å². The molecule has 86 valence electrons. The van der Waals surface area contributed by atoms with Crippen molar-refractivity contribution in [3.8, 4) is 0 Å². The molecule has 0 spiro atoms. The molecule has 3 rings (SSSR count). The fourth-order valence-corrected chi connectivity index (χ4v) is 2.19. The standard InChI is InChI=1S/C12H14F2N2/c13-9-5-11-12(6-10(9)14)16(4-3-15-11)7-8-1-2-8/h5-6,8,15H,1-4,7H2. The third-order valence-electron chi connectivity index (χ3n) is 3.25. The lowest BCUT2D eigenvalue weighted by Gasteiger charge is -2.32. The highest BCUT2D eigenvalue weighted by molar-refractivity contribution is 5.72. The van der Waals surface area contributed by atoms with E-state index in [1.165, 1.54) is 25.0 Å². The van der Waals surface area contributed by atoms with Crippen LogP contribution in [-0.2, 0) is 0 Å². The second-order valence-electron chi connectivity index (χ2n) is 4.60. The Morgan fingerprint density at radius 1 is 1.25 bits per heavy atom. The van der Waals surface area contributed by atoms with Crippen molar-refractivity contribution in [2.45, 2.75) is 12.8 Å². The van der Waals surface area contributed by atoms with Gasteiger partial charge in [-0.2, -0.15) is 0 Å². The van der Waals surface area contributed by atoms with E-state index in [9.17, 15) is 8.78 Å². The summed E-state index contributed by atoms with van der Waals surface area (Å²) in [7, 11) is 0. The molecule has 0 radical (unpaired) electrons. The molecule has 0 unspecified atom stereocenters. The molecule has 1 aromatic carbocycles. The quantitative estimate of drug-likeness (QED) is 0.830. The summed E-state index contributed by atoms with van der Waals surface area (Å²) in [4.78, 5) is 2.16. The normalized spacial score (nSPS) is 19.2. The molecule has 0 amide bonds. The Morgan fingerprint density at radius 2 is 2.00 bits per heavy atom. The van der Waals surface area contributed by atoms with Gasteiger partial charge >= 0.3 is 0 Å². The first-order valence-corrected chi connectivity index (χ1v) is 5.72. The van der Waals surface area contributed by atoms with Crippen molar-refractivity contribution >= 4 is 11.4 Å². The molecule has 1 aromatic rings. The smallest absolute Gasteiger partial charge is 0.161 e. The van der Waals surface area contributed by atoms with E-state index in [-0.39, 0.29) is 0 Å². The number of hydrogen-bond donors (Lipinski definition) is 1. The highest BCUT2D eigenvalue weighted by Crippen LogP contribution is 2.36. The highest BCUT2D eigenvalue weighted by atomic mass is 19.2. The Balaban J connectivity index is 1.93. The number of nitrogens with one attached hydrogen (secondary N) is 1. The fraction of sp³-hybridized carbons (Fsp3) is 0.500. The lowest BCUT2D eigenvalue weighted by molar-refractivity contribution is 0.508. The Kier molecular flexibility index (Phi) is 2.23. The molecule has 0 atom stereocenters. The molecule has 1 aliphatic heterocycles. The average Bonchev–Trinajstić information content (AvgIpc) is 3.05. The Morgan fingerprint density at radius 3 is 2.75 bits per heavy atom.